The highest BCUT2D eigenvalue weighted by Crippen LogP contribution is 2.39. The Hall–Kier alpha value is -2.99. The van der Waals surface area contributed by atoms with Crippen LogP contribution in [0.2, 0.25) is 0 Å². The lowest BCUT2D eigenvalue weighted by Crippen LogP contribution is -2.51. The summed E-state index contributed by atoms with van der Waals surface area (Å²) >= 11 is 0. The summed E-state index contributed by atoms with van der Waals surface area (Å²) in [5.74, 6) is -1.00. The van der Waals surface area contributed by atoms with Gasteiger partial charge in [0.05, 0.1) is 24.3 Å². The number of rotatable bonds is 8. The van der Waals surface area contributed by atoms with Crippen molar-refractivity contribution in [2.45, 2.75) is 45.5 Å². The van der Waals surface area contributed by atoms with Gasteiger partial charge in [-0.3, -0.25) is 19.7 Å². The van der Waals surface area contributed by atoms with Gasteiger partial charge in [-0.15, -0.1) is 0 Å². The van der Waals surface area contributed by atoms with Crippen molar-refractivity contribution in [2.75, 3.05) is 6.54 Å². The molecule has 0 fully saturated rings. The van der Waals surface area contributed by atoms with Crippen LogP contribution in [0.4, 0.5) is 13.2 Å². The van der Waals surface area contributed by atoms with Gasteiger partial charge in [-0.1, -0.05) is 26.0 Å². The number of nitriles is 1. The van der Waals surface area contributed by atoms with Crippen molar-refractivity contribution < 1.29 is 18.0 Å². The number of hydrogen-bond donors (Lipinski definition) is 1. The van der Waals surface area contributed by atoms with Gasteiger partial charge in [-0.05, 0) is 31.4 Å². The maximum absolute atomic E-state index is 14.1. The maximum atomic E-state index is 14.1. The third kappa shape index (κ3) is 5.76. The Morgan fingerprint density at radius 1 is 1.17 bits per heavy atom. The molecule has 9 heteroatoms. The number of alkyl halides is 3. The monoisotopic (exact) mass is 419 g/mol. The van der Waals surface area contributed by atoms with E-state index in [1.165, 1.54) is 18.3 Å². The van der Waals surface area contributed by atoms with Crippen LogP contribution in [-0.4, -0.2) is 39.5 Å². The second-order valence-corrected chi connectivity index (χ2v) is 7.48. The predicted molar refractivity (Wildman–Crippen MR) is 106 cm³/mol. The molecule has 2 atom stereocenters. The lowest BCUT2D eigenvalue weighted by molar-refractivity contribution is -0.193. The molecule has 6 nitrogen and oxygen atoms in total. The van der Waals surface area contributed by atoms with Crippen molar-refractivity contribution in [3.05, 3.63) is 48.0 Å². The number of carbonyl (C=O) groups excluding carboxylic acids is 1. The number of nitrogens with two attached hydrogens (primary N) is 1. The van der Waals surface area contributed by atoms with Gasteiger partial charge in [0.1, 0.15) is 0 Å². The largest absolute Gasteiger partial charge is 0.409 e. The third-order valence-corrected chi connectivity index (χ3v) is 4.63. The minimum atomic E-state index is -4.76. The van der Waals surface area contributed by atoms with Gasteiger partial charge in [0.25, 0.3) is 0 Å². The summed E-state index contributed by atoms with van der Waals surface area (Å²) < 4.78 is 42.2. The van der Waals surface area contributed by atoms with Crippen LogP contribution in [0.25, 0.3) is 11.1 Å². The van der Waals surface area contributed by atoms with Gasteiger partial charge < -0.3 is 5.73 Å². The summed E-state index contributed by atoms with van der Waals surface area (Å²) in [5, 5.41) is 9.14. The fourth-order valence-corrected chi connectivity index (χ4v) is 3.23. The average molecular weight is 419 g/mol. The van der Waals surface area contributed by atoms with Gasteiger partial charge in [-0.25, -0.2) is 0 Å². The van der Waals surface area contributed by atoms with Crippen LogP contribution in [0.5, 0.6) is 0 Å². The number of carbonyl (C=O) groups is 1. The first-order valence-electron chi connectivity index (χ1n) is 9.42. The van der Waals surface area contributed by atoms with Crippen LogP contribution in [-0.2, 0) is 4.79 Å². The quantitative estimate of drug-likeness (QED) is 0.657. The molecule has 0 saturated carbocycles. The number of halogens is 3. The van der Waals surface area contributed by atoms with Crippen LogP contribution >= 0.6 is 0 Å². The Labute approximate surface area is 173 Å². The highest BCUT2D eigenvalue weighted by molar-refractivity contribution is 5.80. The van der Waals surface area contributed by atoms with E-state index in [4.69, 9.17) is 11.0 Å². The van der Waals surface area contributed by atoms with E-state index in [9.17, 15) is 18.0 Å². The highest BCUT2D eigenvalue weighted by Gasteiger charge is 2.48. The van der Waals surface area contributed by atoms with E-state index in [1.54, 1.807) is 38.2 Å². The highest BCUT2D eigenvalue weighted by atomic mass is 19.4. The van der Waals surface area contributed by atoms with Crippen molar-refractivity contribution in [3.63, 3.8) is 0 Å². The van der Waals surface area contributed by atoms with Crippen molar-refractivity contribution in [1.82, 2.24) is 14.9 Å². The van der Waals surface area contributed by atoms with Crippen LogP contribution in [0.1, 0.15) is 37.7 Å². The Kier molecular flexibility index (Phi) is 7.51. The first-order chi connectivity index (χ1) is 14.0. The first kappa shape index (κ1) is 23.3. The molecule has 2 rings (SSSR count). The van der Waals surface area contributed by atoms with Crippen LogP contribution < -0.4 is 5.73 Å². The second-order valence-electron chi connectivity index (χ2n) is 7.48. The van der Waals surface area contributed by atoms with Crippen molar-refractivity contribution in [1.29, 1.82) is 5.26 Å². The zero-order valence-electron chi connectivity index (χ0n) is 17.0. The van der Waals surface area contributed by atoms with E-state index in [-0.39, 0.29) is 18.0 Å². The normalized spacial score (nSPS) is 13.8. The molecule has 0 radical (unpaired) electrons. The van der Waals surface area contributed by atoms with E-state index in [1.807, 2.05) is 6.92 Å². The van der Waals surface area contributed by atoms with E-state index >= 15 is 0 Å². The van der Waals surface area contributed by atoms with Gasteiger partial charge in [0.2, 0.25) is 5.91 Å². The zero-order valence-corrected chi connectivity index (χ0v) is 17.0. The molecule has 0 aromatic carbocycles. The zero-order chi connectivity index (χ0) is 22.5. The Bertz CT molecular complexity index is 889. The summed E-state index contributed by atoms with van der Waals surface area (Å²) in [4.78, 5) is 20.9. The predicted octanol–water partition coefficient (Wildman–Crippen LogP) is 3.78. The summed E-state index contributed by atoms with van der Waals surface area (Å²) in [7, 11) is 0. The molecule has 2 N–H and O–H groups in total. The van der Waals surface area contributed by atoms with E-state index in [0.29, 0.717) is 11.1 Å². The van der Waals surface area contributed by atoms with Gasteiger partial charge >= 0.3 is 6.18 Å². The van der Waals surface area contributed by atoms with Gasteiger partial charge in [0, 0.05) is 29.2 Å². The number of nitrogens with zero attached hydrogens (tertiary/aromatic N) is 4. The molecule has 0 saturated heterocycles. The fraction of sp³-hybridized carbons (Fsp3) is 0.429. The maximum Gasteiger partial charge on any atom is 0.409 e. The topological polar surface area (TPSA) is 95.9 Å². The minimum Gasteiger partial charge on any atom is -0.368 e. The number of amides is 1. The summed E-state index contributed by atoms with van der Waals surface area (Å²) in [6.07, 6.45) is -1.73. The van der Waals surface area contributed by atoms with E-state index in [0.717, 1.165) is 10.6 Å². The van der Waals surface area contributed by atoms with Crippen LogP contribution in [0.3, 0.4) is 0 Å². The Morgan fingerprint density at radius 3 is 2.17 bits per heavy atom. The number of primary amides is 1. The molecular formula is C21H24F3N5O. The fourth-order valence-electron chi connectivity index (χ4n) is 3.23. The molecule has 30 heavy (non-hydrogen) atoms. The van der Waals surface area contributed by atoms with Crippen molar-refractivity contribution in [2.24, 2.45) is 11.7 Å². The Balaban J connectivity index is 2.48. The van der Waals surface area contributed by atoms with E-state index < -0.39 is 30.7 Å². The number of pyridine rings is 2. The molecule has 2 heterocycles. The molecule has 0 aliphatic rings. The lowest BCUT2D eigenvalue weighted by Gasteiger charge is -2.36. The molecule has 0 unspecified atom stereocenters. The smallest absolute Gasteiger partial charge is 0.368 e. The second kappa shape index (κ2) is 9.67. The Morgan fingerprint density at radius 2 is 1.77 bits per heavy atom. The summed E-state index contributed by atoms with van der Waals surface area (Å²) in [6.45, 7) is 4.75. The SMILES string of the molecule is Cc1ccc(-c2ccc([C@H](N(CC#N)[C@@H](CC(C)C)C(N)=O)C(F)(F)F)nc2)cn1. The molecule has 0 aliphatic carbocycles. The number of hydrogen-bond acceptors (Lipinski definition) is 5. The van der Waals surface area contributed by atoms with Crippen LogP contribution in [0, 0.1) is 24.2 Å². The van der Waals surface area contributed by atoms with Gasteiger partial charge in [0.15, 0.2) is 6.04 Å². The lowest BCUT2D eigenvalue weighted by atomic mass is 9.98. The molecular weight excluding hydrogens is 395 g/mol. The molecule has 2 aromatic rings. The van der Waals surface area contributed by atoms with E-state index in [2.05, 4.69) is 9.97 Å². The standard InChI is InChI=1S/C21H24F3N5O/c1-13(2)10-18(20(26)30)29(9-8-25)19(21(22,23)24)17-7-6-16(12-28-17)15-5-4-14(3)27-11-15/h4-7,11-13,18-19H,9-10H2,1-3H3,(H2,26,30)/t18-,19-/m0/s1. The first-order valence-corrected chi connectivity index (χ1v) is 9.42. The molecule has 2 aromatic heterocycles. The minimum absolute atomic E-state index is 0.0940. The molecule has 0 aliphatic heterocycles. The van der Waals surface area contributed by atoms with Crippen molar-refractivity contribution >= 4 is 5.91 Å². The molecule has 160 valence electrons. The molecule has 1 amide bonds. The molecule has 0 bridgehead atoms. The summed E-state index contributed by atoms with van der Waals surface area (Å²) in [5.41, 5.74) is 7.23. The van der Waals surface area contributed by atoms with Crippen LogP contribution in [0.15, 0.2) is 36.7 Å². The third-order valence-electron chi connectivity index (χ3n) is 4.63. The van der Waals surface area contributed by atoms with Gasteiger partial charge in [-0.2, -0.15) is 18.4 Å². The average Bonchev–Trinajstić information content (AvgIpc) is 2.66. The number of aromatic nitrogens is 2. The summed E-state index contributed by atoms with van der Waals surface area (Å²) in [6, 6.07) is 4.59. The van der Waals surface area contributed by atoms with Crippen molar-refractivity contribution in [3.8, 4) is 17.2 Å². The number of aryl methyl sites for hydroxylation is 1. The molecule has 0 spiro atoms.